The lowest BCUT2D eigenvalue weighted by atomic mass is 10.4. The SMILES string of the molecule is N[C@@H]1COS(=O)C1.O=C(O)C(F)(F)F. The molecule has 0 bridgehead atoms. The van der Waals surface area contributed by atoms with Crippen molar-refractivity contribution in [3.63, 3.8) is 0 Å². The highest BCUT2D eigenvalue weighted by molar-refractivity contribution is 7.80. The van der Waals surface area contributed by atoms with Crippen LogP contribution in [0.15, 0.2) is 0 Å². The Balaban J connectivity index is 0.000000241. The van der Waals surface area contributed by atoms with Crippen molar-refractivity contribution in [3.8, 4) is 0 Å². The van der Waals surface area contributed by atoms with Crippen molar-refractivity contribution in [2.75, 3.05) is 12.4 Å². The van der Waals surface area contributed by atoms with Gasteiger partial charge in [-0.15, -0.1) is 0 Å². The van der Waals surface area contributed by atoms with Crippen molar-refractivity contribution in [2.24, 2.45) is 5.73 Å². The molecular formula is C5H8F3NO4S. The summed E-state index contributed by atoms with van der Waals surface area (Å²) in [5.41, 5.74) is 5.31. The van der Waals surface area contributed by atoms with Gasteiger partial charge in [-0.3, -0.25) is 4.18 Å². The van der Waals surface area contributed by atoms with E-state index in [1.807, 2.05) is 0 Å². The molecule has 1 unspecified atom stereocenters. The third-order valence-electron chi connectivity index (χ3n) is 1.01. The fraction of sp³-hybridized carbons (Fsp3) is 0.800. The van der Waals surface area contributed by atoms with Gasteiger partial charge < -0.3 is 10.8 Å². The van der Waals surface area contributed by atoms with Gasteiger partial charge in [-0.05, 0) is 0 Å². The summed E-state index contributed by atoms with van der Waals surface area (Å²) in [4.78, 5) is 8.90. The van der Waals surface area contributed by atoms with E-state index in [1.165, 1.54) is 0 Å². The second-order valence-electron chi connectivity index (χ2n) is 2.32. The van der Waals surface area contributed by atoms with E-state index in [1.54, 1.807) is 0 Å². The topological polar surface area (TPSA) is 89.6 Å². The summed E-state index contributed by atoms with van der Waals surface area (Å²) in [7, 11) is 0. The second kappa shape index (κ2) is 5.27. The number of carboxylic acids is 1. The predicted molar refractivity (Wildman–Crippen MR) is 40.6 cm³/mol. The molecule has 0 spiro atoms. The van der Waals surface area contributed by atoms with E-state index < -0.39 is 23.2 Å². The second-order valence-corrected chi connectivity index (χ2v) is 3.49. The molecule has 84 valence electrons. The number of aliphatic carboxylic acids is 1. The number of nitrogens with two attached hydrogens (primary N) is 1. The number of hydrogen-bond acceptors (Lipinski definition) is 4. The Hall–Kier alpha value is -0.670. The van der Waals surface area contributed by atoms with Crippen LogP contribution in [0, 0.1) is 0 Å². The molecule has 1 aliphatic heterocycles. The zero-order valence-electron chi connectivity index (χ0n) is 6.78. The first-order valence-corrected chi connectivity index (χ1v) is 4.55. The first kappa shape index (κ1) is 13.3. The maximum Gasteiger partial charge on any atom is 0.490 e. The van der Waals surface area contributed by atoms with Crippen molar-refractivity contribution in [1.82, 2.24) is 0 Å². The summed E-state index contributed by atoms with van der Waals surface area (Å²) in [6, 6.07) is 0.000772. The number of hydrogen-bond donors (Lipinski definition) is 2. The van der Waals surface area contributed by atoms with Crippen LogP contribution < -0.4 is 5.73 Å². The van der Waals surface area contributed by atoms with Gasteiger partial charge in [0.25, 0.3) is 0 Å². The Labute approximate surface area is 79.7 Å². The Morgan fingerprint density at radius 3 is 2.07 bits per heavy atom. The number of carbonyl (C=O) groups is 1. The molecule has 1 rings (SSSR count). The van der Waals surface area contributed by atoms with Crippen LogP contribution >= 0.6 is 0 Å². The maximum absolute atomic E-state index is 10.6. The first-order chi connectivity index (χ1) is 6.23. The molecule has 1 aliphatic rings. The van der Waals surface area contributed by atoms with Crippen molar-refractivity contribution in [1.29, 1.82) is 0 Å². The van der Waals surface area contributed by atoms with E-state index >= 15 is 0 Å². The molecular weight excluding hydrogens is 227 g/mol. The minimum Gasteiger partial charge on any atom is -0.475 e. The minimum atomic E-state index is -5.08. The number of alkyl halides is 3. The van der Waals surface area contributed by atoms with Gasteiger partial charge in [-0.2, -0.15) is 13.2 Å². The highest BCUT2D eigenvalue weighted by Crippen LogP contribution is 2.13. The van der Waals surface area contributed by atoms with E-state index in [2.05, 4.69) is 4.18 Å². The highest BCUT2D eigenvalue weighted by Gasteiger charge is 2.38. The molecule has 9 heteroatoms. The van der Waals surface area contributed by atoms with Crippen LogP contribution in [0.1, 0.15) is 0 Å². The summed E-state index contributed by atoms with van der Waals surface area (Å²) >= 11 is -1.08. The Morgan fingerprint density at radius 1 is 1.57 bits per heavy atom. The first-order valence-electron chi connectivity index (χ1n) is 3.31. The molecule has 0 amide bonds. The molecule has 0 aliphatic carbocycles. The Morgan fingerprint density at radius 2 is 2.00 bits per heavy atom. The fourth-order valence-electron chi connectivity index (χ4n) is 0.434. The monoisotopic (exact) mass is 235 g/mol. The third-order valence-corrected chi connectivity index (χ3v) is 2.11. The molecule has 2 atom stereocenters. The van der Waals surface area contributed by atoms with E-state index in [-0.39, 0.29) is 6.04 Å². The van der Waals surface area contributed by atoms with Gasteiger partial charge in [0, 0.05) is 6.04 Å². The normalized spacial score (nSPS) is 26.6. The van der Waals surface area contributed by atoms with E-state index in [9.17, 15) is 17.4 Å². The van der Waals surface area contributed by atoms with Crippen LogP contribution in [0.3, 0.4) is 0 Å². The zero-order chi connectivity index (χ0) is 11.4. The van der Waals surface area contributed by atoms with E-state index in [0.29, 0.717) is 12.4 Å². The van der Waals surface area contributed by atoms with Crippen LogP contribution in [-0.4, -0.2) is 39.9 Å². The van der Waals surface area contributed by atoms with Gasteiger partial charge >= 0.3 is 12.1 Å². The molecule has 1 heterocycles. The van der Waals surface area contributed by atoms with Gasteiger partial charge in [-0.25, -0.2) is 9.00 Å². The van der Waals surface area contributed by atoms with Crippen molar-refractivity contribution < 1.29 is 31.5 Å². The number of halogens is 3. The average Bonchev–Trinajstić information content (AvgIpc) is 2.33. The van der Waals surface area contributed by atoms with E-state index in [4.69, 9.17) is 15.6 Å². The molecule has 0 saturated carbocycles. The lowest BCUT2D eigenvalue weighted by Crippen LogP contribution is -2.22. The quantitative estimate of drug-likeness (QED) is 0.598. The standard InChI is InChI=1S/C3H7NO2S.C2HF3O2/c4-3-1-6-7(5)2-3;3-2(4,5)1(6)7/h3H,1-2,4H2;(H,6,7)/t3-,7?;/m1./s1. The van der Waals surface area contributed by atoms with Gasteiger partial charge in [0.15, 0.2) is 11.1 Å². The van der Waals surface area contributed by atoms with Crippen molar-refractivity contribution >= 4 is 17.0 Å². The summed E-state index contributed by atoms with van der Waals surface area (Å²) < 4.78 is 46.6. The van der Waals surface area contributed by atoms with E-state index in [0.717, 1.165) is 0 Å². The van der Waals surface area contributed by atoms with Crippen molar-refractivity contribution in [3.05, 3.63) is 0 Å². The summed E-state index contributed by atoms with van der Waals surface area (Å²) in [6.07, 6.45) is -5.08. The third kappa shape index (κ3) is 5.89. The molecule has 3 N–H and O–H groups in total. The molecule has 1 saturated heterocycles. The number of rotatable bonds is 0. The molecule has 0 radical (unpaired) electrons. The van der Waals surface area contributed by atoms with Crippen LogP contribution in [0.4, 0.5) is 13.2 Å². The Kier molecular flexibility index (Phi) is 5.02. The highest BCUT2D eigenvalue weighted by atomic mass is 32.2. The molecule has 0 aromatic rings. The molecule has 0 aromatic carbocycles. The van der Waals surface area contributed by atoms with Crippen LogP contribution in [0.5, 0.6) is 0 Å². The smallest absolute Gasteiger partial charge is 0.475 e. The summed E-state index contributed by atoms with van der Waals surface area (Å²) in [5.74, 6) is -2.26. The summed E-state index contributed by atoms with van der Waals surface area (Å²) in [6.45, 7) is 0.451. The van der Waals surface area contributed by atoms with Crippen LogP contribution in [0.25, 0.3) is 0 Å². The largest absolute Gasteiger partial charge is 0.490 e. The van der Waals surface area contributed by atoms with Gasteiger partial charge in [0.2, 0.25) is 0 Å². The fourth-order valence-corrected chi connectivity index (χ4v) is 1.30. The van der Waals surface area contributed by atoms with Gasteiger partial charge in [0.1, 0.15) is 0 Å². The Bertz CT molecular complexity index is 232. The van der Waals surface area contributed by atoms with Crippen LogP contribution in [0.2, 0.25) is 0 Å². The van der Waals surface area contributed by atoms with Crippen molar-refractivity contribution in [2.45, 2.75) is 12.2 Å². The molecule has 14 heavy (non-hydrogen) atoms. The predicted octanol–water partition coefficient (Wildman–Crippen LogP) is -0.359. The van der Waals surface area contributed by atoms with Gasteiger partial charge in [0.05, 0.1) is 12.4 Å². The van der Waals surface area contributed by atoms with Gasteiger partial charge in [-0.1, -0.05) is 0 Å². The number of carboxylic acid groups (broad SMARTS) is 1. The molecule has 5 nitrogen and oxygen atoms in total. The zero-order valence-corrected chi connectivity index (χ0v) is 7.60. The maximum atomic E-state index is 10.6. The lowest BCUT2D eigenvalue weighted by molar-refractivity contribution is -0.192. The van der Waals surface area contributed by atoms with Crippen LogP contribution in [-0.2, 0) is 20.1 Å². The lowest BCUT2D eigenvalue weighted by Gasteiger charge is -1.93. The summed E-state index contributed by atoms with van der Waals surface area (Å²) in [5, 5.41) is 7.12. The minimum absolute atomic E-state index is 0.000772. The molecule has 0 aromatic heterocycles. The average molecular weight is 235 g/mol. The molecule has 1 fully saturated rings.